The molecular weight excluding hydrogens is 971 g/mol. The number of hydrogen-bond donors (Lipinski definition) is 4. The highest BCUT2D eigenvalue weighted by atomic mass is 32.1. The normalized spacial score (nSPS) is 17.7. The number of β-amino-alcohol motifs (C(OH)–C–C–N with tert-alkyl or cyclic N) is 1. The monoisotopic (exact) mass is 1030 g/mol. The van der Waals surface area contributed by atoms with Crippen molar-refractivity contribution in [2.45, 2.75) is 97.9 Å². The molecule has 1 fully saturated rings. The van der Waals surface area contributed by atoms with Gasteiger partial charge in [0.1, 0.15) is 17.8 Å². The van der Waals surface area contributed by atoms with Crippen LogP contribution in [0.4, 0.5) is 17.6 Å². The van der Waals surface area contributed by atoms with E-state index in [0.29, 0.717) is 11.1 Å². The van der Waals surface area contributed by atoms with Gasteiger partial charge in [0, 0.05) is 56.3 Å². The maximum absolute atomic E-state index is 15.3. The summed E-state index contributed by atoms with van der Waals surface area (Å²) in [5.41, 5.74) is 3.28. The molecule has 0 spiro atoms. The number of amides is 3. The van der Waals surface area contributed by atoms with E-state index in [1.807, 2.05) is 38.1 Å². The largest absolute Gasteiger partial charge is 0.491 e. The zero-order valence-corrected chi connectivity index (χ0v) is 42.2. The van der Waals surface area contributed by atoms with Crippen LogP contribution < -0.4 is 25.7 Å². The number of imidazole rings is 1. The Labute approximate surface area is 422 Å². The van der Waals surface area contributed by atoms with Gasteiger partial charge in [-0.05, 0) is 79.1 Å². The van der Waals surface area contributed by atoms with Crippen LogP contribution in [0.15, 0.2) is 78.7 Å². The molecule has 5 heterocycles. The predicted octanol–water partition coefficient (Wildman–Crippen LogP) is 7.01. The van der Waals surface area contributed by atoms with Crippen molar-refractivity contribution >= 4 is 34.8 Å². The summed E-state index contributed by atoms with van der Waals surface area (Å²) in [4.78, 5) is 62.6. The molecule has 0 radical (unpaired) electrons. The summed E-state index contributed by atoms with van der Waals surface area (Å²) in [7, 11) is 1.68. The molecule has 3 amide bonds. The number of fused-ring (bicyclic) bond motifs is 1. The Morgan fingerprint density at radius 3 is 2.38 bits per heavy atom. The molecule has 3 aromatic heterocycles. The SMILES string of the molecule is CCn1cc(-c2cc(Cn3ccn(C)c3=N)cc3c2OC[C@H](Cc2ccc(F)c(OCC(=O)N[C@H](C(=O)N4C[C@H](O)C[C@H]4C(=O)N[C@@H](C)c4ccc(-c5scnc5C)cc4)C(C)(C)C)c2)C3=O)c(C(F)(F)F)n1. The fraction of sp³-hybridized carbons (Fsp3) is 0.404. The molecule has 0 bridgehead atoms. The van der Waals surface area contributed by atoms with Crippen molar-refractivity contribution in [3.63, 3.8) is 0 Å². The van der Waals surface area contributed by atoms with E-state index in [-0.39, 0.29) is 72.9 Å². The molecule has 386 valence electrons. The van der Waals surface area contributed by atoms with Crippen LogP contribution in [0.1, 0.15) is 85.5 Å². The third-order valence-corrected chi connectivity index (χ3v) is 14.2. The van der Waals surface area contributed by atoms with Gasteiger partial charge in [0.15, 0.2) is 29.7 Å². The fourth-order valence-corrected chi connectivity index (χ4v) is 10.0. The van der Waals surface area contributed by atoms with Crippen LogP contribution in [-0.4, -0.2) is 95.4 Å². The first-order valence-electron chi connectivity index (χ1n) is 23.8. The first kappa shape index (κ1) is 52.2. The van der Waals surface area contributed by atoms with Gasteiger partial charge in [-0.15, -0.1) is 11.3 Å². The van der Waals surface area contributed by atoms with Crippen LogP contribution >= 0.6 is 11.3 Å². The van der Waals surface area contributed by atoms with E-state index in [2.05, 4.69) is 20.7 Å². The van der Waals surface area contributed by atoms with E-state index in [9.17, 15) is 37.5 Å². The number of alkyl halides is 3. The lowest BCUT2D eigenvalue weighted by atomic mass is 9.85. The molecule has 0 saturated carbocycles. The number of hydrogen-bond acceptors (Lipinski definition) is 11. The lowest BCUT2D eigenvalue weighted by Gasteiger charge is -2.35. The van der Waals surface area contributed by atoms with Crippen LogP contribution in [0.2, 0.25) is 0 Å². The molecule has 21 heteroatoms. The molecule has 73 heavy (non-hydrogen) atoms. The molecule has 8 rings (SSSR count). The minimum Gasteiger partial charge on any atom is -0.491 e. The Kier molecular flexibility index (Phi) is 14.9. The number of aliphatic hydroxyl groups excluding tert-OH is 1. The average Bonchev–Trinajstić information content (AvgIpc) is 4.15. The first-order valence-corrected chi connectivity index (χ1v) is 24.6. The summed E-state index contributed by atoms with van der Waals surface area (Å²) in [6.45, 7) is 9.72. The van der Waals surface area contributed by atoms with E-state index < -0.39 is 83.4 Å². The number of thiazole rings is 1. The van der Waals surface area contributed by atoms with Gasteiger partial charge in [0.2, 0.25) is 17.4 Å². The Hall–Kier alpha value is -7.13. The van der Waals surface area contributed by atoms with Crippen LogP contribution in [0, 0.1) is 29.5 Å². The number of carbonyl (C=O) groups excluding carboxylic acids is 4. The maximum atomic E-state index is 15.3. The van der Waals surface area contributed by atoms with Gasteiger partial charge >= 0.3 is 6.18 Å². The number of aryl methyl sites for hydroxylation is 3. The molecule has 0 unspecified atom stereocenters. The van der Waals surface area contributed by atoms with Crippen LogP contribution in [0.5, 0.6) is 11.5 Å². The van der Waals surface area contributed by atoms with Crippen molar-refractivity contribution in [1.29, 1.82) is 5.41 Å². The molecular formula is C52H57F4N9O7S. The lowest BCUT2D eigenvalue weighted by molar-refractivity contribution is -0.144. The topological polar surface area (TPSA) is 199 Å². The minimum absolute atomic E-state index is 0.00185. The number of aliphatic hydroxyl groups is 1. The number of benzene rings is 3. The average molecular weight is 1030 g/mol. The second-order valence-corrected chi connectivity index (χ2v) is 20.5. The highest BCUT2D eigenvalue weighted by Crippen LogP contribution is 2.44. The Bertz CT molecular complexity index is 3120. The summed E-state index contributed by atoms with van der Waals surface area (Å²) in [5, 5.41) is 28.6. The predicted molar refractivity (Wildman–Crippen MR) is 262 cm³/mol. The van der Waals surface area contributed by atoms with E-state index in [1.165, 1.54) is 40.6 Å². The van der Waals surface area contributed by atoms with Crippen LogP contribution in [-0.2, 0) is 47.1 Å². The number of nitrogens with one attached hydrogen (secondary N) is 3. The number of halogens is 4. The molecule has 4 N–H and O–H groups in total. The van der Waals surface area contributed by atoms with Crippen LogP contribution in [0.25, 0.3) is 21.6 Å². The van der Waals surface area contributed by atoms with Crippen molar-refractivity contribution in [1.82, 2.24) is 39.4 Å². The van der Waals surface area contributed by atoms with Gasteiger partial charge in [-0.2, -0.15) is 18.3 Å². The van der Waals surface area contributed by atoms with Crippen molar-refractivity contribution in [2.75, 3.05) is 19.8 Å². The fourth-order valence-electron chi connectivity index (χ4n) is 9.22. The molecule has 3 aromatic carbocycles. The second kappa shape index (κ2) is 20.8. The van der Waals surface area contributed by atoms with Gasteiger partial charge in [0.05, 0.1) is 52.9 Å². The standard InChI is InChI=1S/C52H57F4N9O7S/c1-8-64-24-38(46(61-64)52(54,55)56)36-18-31(22-63-16-15-62(7)50(63)57)19-37-43(68)34(25-72-44(36)37)17-30-9-14-39(53)41(20-30)71-26-42(67)60-47(51(4,5)6)49(70)65-23-35(66)21-40(65)48(69)59-28(2)32-10-12-33(13-11-32)45-29(3)58-27-73-45/h9-16,18-20,24,27-28,34-35,40,47,57,66H,8,17,21-23,25-26H2,1-7H3,(H,59,69)(H,60,67)/t28-,34-,35+,40-,47+/m0/s1. The molecule has 0 aliphatic carbocycles. The number of Topliss-reactive ketones (excluding diaryl/α,β-unsaturated/α-hetero) is 1. The minimum atomic E-state index is -4.82. The summed E-state index contributed by atoms with van der Waals surface area (Å²) < 4.78 is 74.6. The third-order valence-electron chi connectivity index (χ3n) is 13.2. The lowest BCUT2D eigenvalue weighted by Crippen LogP contribution is -2.58. The Morgan fingerprint density at radius 2 is 1.74 bits per heavy atom. The van der Waals surface area contributed by atoms with E-state index in [0.717, 1.165) is 32.4 Å². The van der Waals surface area contributed by atoms with Crippen molar-refractivity contribution in [3.8, 4) is 33.1 Å². The summed E-state index contributed by atoms with van der Waals surface area (Å²) in [6, 6.07) is 12.0. The molecule has 6 aromatic rings. The third kappa shape index (κ3) is 11.3. The number of carbonyl (C=O) groups is 4. The number of ether oxygens (including phenoxy) is 2. The van der Waals surface area contributed by atoms with Crippen LogP contribution in [0.3, 0.4) is 0 Å². The Morgan fingerprint density at radius 1 is 1.01 bits per heavy atom. The van der Waals surface area contributed by atoms with E-state index in [4.69, 9.17) is 14.9 Å². The number of nitrogens with zero attached hydrogens (tertiary/aromatic N) is 6. The Balaban J connectivity index is 0.944. The van der Waals surface area contributed by atoms with E-state index >= 15 is 4.39 Å². The molecule has 16 nitrogen and oxygen atoms in total. The quantitative estimate of drug-likeness (QED) is 0.0782. The molecule has 1 saturated heterocycles. The molecule has 5 atom stereocenters. The molecule has 2 aliphatic rings. The number of aromatic nitrogens is 5. The first-order chi connectivity index (χ1) is 34.5. The van der Waals surface area contributed by atoms with Crippen molar-refractivity contribution in [3.05, 3.63) is 124 Å². The molecule has 2 aliphatic heterocycles. The van der Waals surface area contributed by atoms with Gasteiger partial charge in [-0.25, -0.2) is 9.37 Å². The van der Waals surface area contributed by atoms with Crippen molar-refractivity contribution < 1.29 is 51.3 Å². The maximum Gasteiger partial charge on any atom is 0.435 e. The van der Waals surface area contributed by atoms with E-state index in [1.54, 1.807) is 67.8 Å². The smallest absolute Gasteiger partial charge is 0.435 e. The highest BCUT2D eigenvalue weighted by Gasteiger charge is 2.45. The number of rotatable bonds is 15. The van der Waals surface area contributed by atoms with Gasteiger partial charge < -0.3 is 39.2 Å². The summed E-state index contributed by atoms with van der Waals surface area (Å²) in [5.74, 6) is -4.30. The summed E-state index contributed by atoms with van der Waals surface area (Å²) in [6.07, 6.45) is -1.27. The highest BCUT2D eigenvalue weighted by molar-refractivity contribution is 7.13. The number of ketones is 1. The second-order valence-electron chi connectivity index (χ2n) is 19.6. The number of likely N-dealkylation sites (tertiary alicyclic amines) is 1. The zero-order valence-electron chi connectivity index (χ0n) is 41.3. The van der Waals surface area contributed by atoms with Gasteiger partial charge in [-0.1, -0.05) is 51.1 Å². The summed E-state index contributed by atoms with van der Waals surface area (Å²) >= 11 is 1.53. The van der Waals surface area contributed by atoms with Gasteiger partial charge in [0.25, 0.3) is 5.91 Å². The zero-order chi connectivity index (χ0) is 52.7. The van der Waals surface area contributed by atoms with Crippen molar-refractivity contribution in [2.24, 2.45) is 18.4 Å². The van der Waals surface area contributed by atoms with Gasteiger partial charge in [-0.3, -0.25) is 29.3 Å².